The standard InChI is InChI=1S/C22H27N3O2S/c1-3-25-12-6-8-15(25)14-23-21(26)19-16-9-4-5-10-17(16)22(27)24(2)20(19)18-11-7-13-28-18/h4-5,7,9-11,13,15,19-20H,3,6,8,12,14H2,1-2H3,(H,23,26). The molecule has 0 aliphatic carbocycles. The Hall–Kier alpha value is -2.18. The number of benzene rings is 1. The second kappa shape index (κ2) is 8.05. The van der Waals surface area contributed by atoms with Gasteiger partial charge in [0.1, 0.15) is 0 Å². The minimum Gasteiger partial charge on any atom is -0.354 e. The first-order chi connectivity index (χ1) is 13.6. The van der Waals surface area contributed by atoms with Gasteiger partial charge in [0.05, 0.1) is 12.0 Å². The summed E-state index contributed by atoms with van der Waals surface area (Å²) in [4.78, 5) is 31.5. The number of rotatable bonds is 5. The lowest BCUT2D eigenvalue weighted by Gasteiger charge is -2.39. The maximum absolute atomic E-state index is 13.4. The second-order valence-electron chi connectivity index (χ2n) is 7.61. The van der Waals surface area contributed by atoms with E-state index in [0.29, 0.717) is 18.2 Å². The van der Waals surface area contributed by atoms with Crippen LogP contribution in [0.2, 0.25) is 0 Å². The highest BCUT2D eigenvalue weighted by Gasteiger charge is 2.43. The molecule has 3 heterocycles. The maximum Gasteiger partial charge on any atom is 0.254 e. The van der Waals surface area contributed by atoms with Crippen LogP contribution in [0.4, 0.5) is 0 Å². The number of carbonyl (C=O) groups excluding carboxylic acids is 2. The first kappa shape index (κ1) is 19.2. The Bertz CT molecular complexity index is 851. The summed E-state index contributed by atoms with van der Waals surface area (Å²) in [7, 11) is 1.80. The molecule has 3 unspecified atom stereocenters. The van der Waals surface area contributed by atoms with Crippen LogP contribution in [0.1, 0.15) is 52.5 Å². The zero-order valence-corrected chi connectivity index (χ0v) is 17.2. The van der Waals surface area contributed by atoms with Crippen molar-refractivity contribution in [3.63, 3.8) is 0 Å². The van der Waals surface area contributed by atoms with Gasteiger partial charge >= 0.3 is 0 Å². The van der Waals surface area contributed by atoms with Crippen LogP contribution in [0.15, 0.2) is 41.8 Å². The van der Waals surface area contributed by atoms with Crippen molar-refractivity contribution in [3.05, 3.63) is 57.8 Å². The van der Waals surface area contributed by atoms with Crippen molar-refractivity contribution in [2.24, 2.45) is 0 Å². The molecule has 1 fully saturated rings. The maximum atomic E-state index is 13.4. The third kappa shape index (κ3) is 3.35. The Kier molecular flexibility index (Phi) is 5.51. The van der Waals surface area contributed by atoms with E-state index in [4.69, 9.17) is 0 Å². The Balaban J connectivity index is 1.64. The summed E-state index contributed by atoms with van der Waals surface area (Å²) in [6.45, 7) is 4.96. The fraction of sp³-hybridized carbons (Fsp3) is 0.455. The van der Waals surface area contributed by atoms with Gasteiger partial charge in [-0.3, -0.25) is 14.5 Å². The fourth-order valence-electron chi connectivity index (χ4n) is 4.64. The predicted octanol–water partition coefficient (Wildman–Crippen LogP) is 3.26. The van der Waals surface area contributed by atoms with Crippen LogP contribution >= 0.6 is 11.3 Å². The molecule has 148 valence electrons. The summed E-state index contributed by atoms with van der Waals surface area (Å²) in [5.41, 5.74) is 1.47. The summed E-state index contributed by atoms with van der Waals surface area (Å²) in [6.07, 6.45) is 2.32. The molecular formula is C22H27N3O2S. The van der Waals surface area contributed by atoms with Crippen LogP contribution in [0.25, 0.3) is 0 Å². The molecule has 1 aromatic carbocycles. The molecule has 0 radical (unpaired) electrons. The zero-order valence-electron chi connectivity index (χ0n) is 16.4. The van der Waals surface area contributed by atoms with Crippen LogP contribution in [-0.4, -0.2) is 54.3 Å². The van der Waals surface area contributed by atoms with E-state index in [1.807, 2.05) is 41.8 Å². The number of thiophene rings is 1. The SMILES string of the molecule is CCN1CCCC1CNC(=O)C1c2ccccc2C(=O)N(C)C1c1cccs1. The van der Waals surface area contributed by atoms with Gasteiger partial charge in [-0.25, -0.2) is 0 Å². The van der Waals surface area contributed by atoms with Crippen LogP contribution in [0, 0.1) is 0 Å². The van der Waals surface area contributed by atoms with Crippen LogP contribution in [-0.2, 0) is 4.79 Å². The molecule has 6 heteroatoms. The first-order valence-corrected chi connectivity index (χ1v) is 10.9. The molecule has 2 amide bonds. The highest BCUT2D eigenvalue weighted by atomic mass is 32.1. The van der Waals surface area contributed by atoms with Crippen molar-refractivity contribution in [2.45, 2.75) is 37.8 Å². The summed E-state index contributed by atoms with van der Waals surface area (Å²) in [5, 5.41) is 5.21. The highest BCUT2D eigenvalue weighted by Crippen LogP contribution is 2.43. The van der Waals surface area contributed by atoms with E-state index >= 15 is 0 Å². The van der Waals surface area contributed by atoms with Crippen LogP contribution in [0.5, 0.6) is 0 Å². The number of likely N-dealkylation sites (N-methyl/N-ethyl adjacent to an activating group) is 2. The minimum absolute atomic E-state index is 0.00755. The number of carbonyl (C=O) groups is 2. The molecule has 2 aromatic rings. The quantitative estimate of drug-likeness (QED) is 0.843. The van der Waals surface area contributed by atoms with Gasteiger partial charge in [0, 0.05) is 30.1 Å². The molecule has 28 heavy (non-hydrogen) atoms. The molecule has 0 bridgehead atoms. The van der Waals surface area contributed by atoms with E-state index in [-0.39, 0.29) is 17.9 Å². The molecular weight excluding hydrogens is 370 g/mol. The average molecular weight is 398 g/mol. The molecule has 1 aromatic heterocycles. The molecule has 0 saturated carbocycles. The number of nitrogens with zero attached hydrogens (tertiary/aromatic N) is 2. The Morgan fingerprint density at radius 2 is 2.07 bits per heavy atom. The lowest BCUT2D eigenvalue weighted by molar-refractivity contribution is -0.124. The van der Waals surface area contributed by atoms with Crippen molar-refractivity contribution in [3.8, 4) is 0 Å². The molecule has 1 N–H and O–H groups in total. The zero-order chi connectivity index (χ0) is 19.7. The molecule has 5 nitrogen and oxygen atoms in total. The lowest BCUT2D eigenvalue weighted by atomic mass is 9.81. The van der Waals surface area contributed by atoms with Crippen LogP contribution < -0.4 is 5.32 Å². The summed E-state index contributed by atoms with van der Waals surface area (Å²) >= 11 is 1.60. The molecule has 4 rings (SSSR count). The van der Waals surface area contributed by atoms with Gasteiger partial charge in [-0.15, -0.1) is 11.3 Å². The monoisotopic (exact) mass is 397 g/mol. The summed E-state index contributed by atoms with van der Waals surface area (Å²) in [6, 6.07) is 11.7. The van der Waals surface area contributed by atoms with Crippen molar-refractivity contribution in [1.82, 2.24) is 15.1 Å². The molecule has 0 spiro atoms. The van der Waals surface area contributed by atoms with E-state index in [0.717, 1.165) is 30.0 Å². The second-order valence-corrected chi connectivity index (χ2v) is 8.59. The molecule has 3 atom stereocenters. The van der Waals surface area contributed by atoms with E-state index in [1.165, 1.54) is 6.42 Å². The van der Waals surface area contributed by atoms with Gasteiger partial charge in [0.25, 0.3) is 5.91 Å². The predicted molar refractivity (Wildman–Crippen MR) is 112 cm³/mol. The van der Waals surface area contributed by atoms with Gasteiger partial charge in [0.15, 0.2) is 0 Å². The largest absolute Gasteiger partial charge is 0.354 e. The van der Waals surface area contributed by atoms with Gasteiger partial charge in [0.2, 0.25) is 5.91 Å². The Labute approximate surface area is 170 Å². The van der Waals surface area contributed by atoms with Crippen molar-refractivity contribution in [2.75, 3.05) is 26.7 Å². The molecule has 2 aliphatic rings. The summed E-state index contributed by atoms with van der Waals surface area (Å²) < 4.78 is 0. The van der Waals surface area contributed by atoms with Crippen molar-refractivity contribution < 1.29 is 9.59 Å². The highest BCUT2D eigenvalue weighted by molar-refractivity contribution is 7.10. The van der Waals surface area contributed by atoms with Gasteiger partial charge in [-0.1, -0.05) is 31.2 Å². The van der Waals surface area contributed by atoms with Crippen molar-refractivity contribution in [1.29, 1.82) is 0 Å². The first-order valence-electron chi connectivity index (χ1n) is 10.0. The third-order valence-corrected chi connectivity index (χ3v) is 7.06. The normalized spacial score (nSPS) is 25.0. The van der Waals surface area contributed by atoms with E-state index in [1.54, 1.807) is 23.3 Å². The van der Waals surface area contributed by atoms with E-state index < -0.39 is 5.92 Å². The molecule has 2 aliphatic heterocycles. The van der Waals surface area contributed by atoms with E-state index in [2.05, 4.69) is 17.1 Å². The topological polar surface area (TPSA) is 52.7 Å². The number of hydrogen-bond acceptors (Lipinski definition) is 4. The number of amides is 2. The number of hydrogen-bond donors (Lipinski definition) is 1. The van der Waals surface area contributed by atoms with Crippen LogP contribution in [0.3, 0.4) is 0 Å². The fourth-order valence-corrected chi connectivity index (χ4v) is 5.55. The summed E-state index contributed by atoms with van der Waals surface area (Å²) in [5.74, 6) is -0.409. The smallest absolute Gasteiger partial charge is 0.254 e. The van der Waals surface area contributed by atoms with Gasteiger partial charge in [-0.2, -0.15) is 0 Å². The van der Waals surface area contributed by atoms with Gasteiger partial charge in [-0.05, 0) is 49.0 Å². The molecule has 1 saturated heterocycles. The number of fused-ring (bicyclic) bond motifs is 1. The third-order valence-electron chi connectivity index (χ3n) is 6.11. The van der Waals surface area contributed by atoms with Crippen molar-refractivity contribution >= 4 is 23.2 Å². The minimum atomic E-state index is -0.394. The number of nitrogens with one attached hydrogen (secondary N) is 1. The van der Waals surface area contributed by atoms with Gasteiger partial charge < -0.3 is 10.2 Å². The lowest BCUT2D eigenvalue weighted by Crippen LogP contribution is -2.47. The number of likely N-dealkylation sites (tertiary alicyclic amines) is 1. The van der Waals surface area contributed by atoms with E-state index in [9.17, 15) is 9.59 Å². The Morgan fingerprint density at radius 3 is 2.82 bits per heavy atom. The average Bonchev–Trinajstić information content (AvgIpc) is 3.40. The Morgan fingerprint density at radius 1 is 1.25 bits per heavy atom.